The fourth-order valence-electron chi connectivity index (χ4n) is 4.94. The lowest BCUT2D eigenvalue weighted by atomic mass is 9.98. The molecule has 1 fully saturated rings. The van der Waals surface area contributed by atoms with Crippen LogP contribution in [0.15, 0.2) is 36.9 Å². The van der Waals surface area contributed by atoms with E-state index in [1.807, 2.05) is 0 Å². The van der Waals surface area contributed by atoms with Crippen LogP contribution in [0.5, 0.6) is 5.75 Å². The maximum Gasteiger partial charge on any atom is 0.419 e. The van der Waals surface area contributed by atoms with Crippen LogP contribution in [0.3, 0.4) is 0 Å². The molecule has 0 radical (unpaired) electrons. The summed E-state index contributed by atoms with van der Waals surface area (Å²) in [6.45, 7) is 7.41. The molecule has 1 aromatic carbocycles. The SMILES string of the molecule is CC(=O)OCC1O[C@@H](Oc2ccc(COC(=O)NCC(CNC(=O)OC(C)(C)C)OC(=O)n3ccnc3)cc2[N+](=O)[O-])[C@H](OC(C)=O)C(OC(C)=O)[C@H]1OC(C)=O. The summed E-state index contributed by atoms with van der Waals surface area (Å²) in [5.74, 6) is -3.88. The van der Waals surface area contributed by atoms with Crippen molar-refractivity contribution < 1.29 is 81.1 Å². The molecular formula is C34H43N5O18. The average molecular weight is 810 g/mol. The highest BCUT2D eigenvalue weighted by molar-refractivity contribution is 5.71. The number of aromatic nitrogens is 2. The molecule has 6 atom stereocenters. The summed E-state index contributed by atoms with van der Waals surface area (Å²) in [5, 5.41) is 17.0. The third-order valence-corrected chi connectivity index (χ3v) is 7.11. The molecule has 23 heteroatoms. The summed E-state index contributed by atoms with van der Waals surface area (Å²) in [6, 6.07) is 3.42. The second-order valence-electron chi connectivity index (χ2n) is 13.1. The van der Waals surface area contributed by atoms with E-state index in [9.17, 15) is 43.7 Å². The number of ether oxygens (including phenoxy) is 9. The van der Waals surface area contributed by atoms with E-state index in [0.29, 0.717) is 0 Å². The number of hydrogen-bond donors (Lipinski definition) is 2. The Morgan fingerprint density at radius 1 is 0.877 bits per heavy atom. The first-order valence-corrected chi connectivity index (χ1v) is 17.0. The molecule has 2 amide bonds. The summed E-state index contributed by atoms with van der Waals surface area (Å²) in [5.41, 5.74) is -1.39. The first-order valence-electron chi connectivity index (χ1n) is 17.0. The number of alkyl carbamates (subject to hydrolysis) is 2. The first kappa shape index (κ1) is 44.9. The van der Waals surface area contributed by atoms with Crippen LogP contribution in [0, 0.1) is 10.1 Å². The van der Waals surface area contributed by atoms with E-state index < -0.39 is 114 Å². The van der Waals surface area contributed by atoms with E-state index in [0.717, 1.165) is 44.4 Å². The average Bonchev–Trinajstić information content (AvgIpc) is 3.65. The minimum Gasteiger partial charge on any atom is -0.463 e. The number of rotatable bonds is 15. The van der Waals surface area contributed by atoms with Crippen LogP contribution in [-0.4, -0.2) is 119 Å². The zero-order chi connectivity index (χ0) is 42.4. The van der Waals surface area contributed by atoms with Gasteiger partial charge in [0.15, 0.2) is 18.0 Å². The third-order valence-electron chi connectivity index (χ3n) is 7.11. The summed E-state index contributed by atoms with van der Waals surface area (Å²) in [6.07, 6.45) is -7.88. The summed E-state index contributed by atoms with van der Waals surface area (Å²) < 4.78 is 49.4. The van der Waals surface area contributed by atoms with Crippen molar-refractivity contribution in [2.45, 2.75) is 97.5 Å². The van der Waals surface area contributed by atoms with Crippen molar-refractivity contribution in [2.24, 2.45) is 0 Å². The standard InChI is InChI=1S/C34H43N5O18/c1-18(40)49-16-26-27(51-19(2)41)28(52-20(3)42)29(53-21(4)43)30(56-26)55-25-9-8-22(12-24(25)39(47)48)15-50-31(44)36-13-23(14-37-32(45)57-34(5,6)7)54-33(46)38-11-10-35-17-38/h8-12,17,23,26-30H,13-16H2,1-7H3,(H,36,44)(H,37,45)/t23?,26?,27-,28?,29+,30+/m0/s1. The maximum absolute atomic E-state index is 12.6. The normalized spacial score (nSPS) is 19.4. The molecule has 57 heavy (non-hydrogen) atoms. The molecular weight excluding hydrogens is 766 g/mol. The van der Waals surface area contributed by atoms with Gasteiger partial charge in [-0.25, -0.2) is 23.9 Å². The Morgan fingerprint density at radius 3 is 2.05 bits per heavy atom. The lowest BCUT2D eigenvalue weighted by Gasteiger charge is -2.43. The van der Waals surface area contributed by atoms with E-state index in [4.69, 9.17) is 42.6 Å². The van der Waals surface area contributed by atoms with Gasteiger partial charge in [0, 0.05) is 46.2 Å². The van der Waals surface area contributed by atoms with Crippen LogP contribution in [0.4, 0.5) is 20.1 Å². The lowest BCUT2D eigenvalue weighted by Crippen LogP contribution is -2.63. The number of nitro groups is 1. The molecule has 1 aliphatic heterocycles. The van der Waals surface area contributed by atoms with E-state index in [-0.39, 0.29) is 18.7 Å². The van der Waals surface area contributed by atoms with Crippen LogP contribution in [-0.2, 0) is 63.7 Å². The molecule has 3 rings (SSSR count). The second kappa shape index (κ2) is 20.4. The molecule has 2 aromatic rings. The Kier molecular flexibility index (Phi) is 16.1. The van der Waals surface area contributed by atoms with Gasteiger partial charge in [0.05, 0.1) is 18.0 Å². The van der Waals surface area contributed by atoms with Crippen molar-refractivity contribution in [1.29, 1.82) is 0 Å². The molecule has 312 valence electrons. The summed E-state index contributed by atoms with van der Waals surface area (Å²) in [4.78, 5) is 100. The largest absolute Gasteiger partial charge is 0.463 e. The number of benzene rings is 1. The molecule has 0 saturated carbocycles. The zero-order valence-corrected chi connectivity index (χ0v) is 31.9. The summed E-state index contributed by atoms with van der Waals surface area (Å²) >= 11 is 0. The molecule has 0 aliphatic carbocycles. The van der Waals surface area contributed by atoms with Gasteiger partial charge in [-0.05, 0) is 32.4 Å². The van der Waals surface area contributed by atoms with Gasteiger partial charge in [-0.15, -0.1) is 0 Å². The van der Waals surface area contributed by atoms with E-state index >= 15 is 0 Å². The van der Waals surface area contributed by atoms with Crippen molar-refractivity contribution >= 4 is 47.8 Å². The number of amides is 2. The molecule has 1 aliphatic rings. The Bertz CT molecular complexity index is 1780. The van der Waals surface area contributed by atoms with Crippen LogP contribution in [0.2, 0.25) is 0 Å². The minimum atomic E-state index is -1.77. The maximum atomic E-state index is 12.6. The van der Waals surface area contributed by atoms with Gasteiger partial charge in [-0.3, -0.25) is 29.3 Å². The van der Waals surface area contributed by atoms with Gasteiger partial charge < -0.3 is 53.3 Å². The van der Waals surface area contributed by atoms with Crippen molar-refractivity contribution in [1.82, 2.24) is 20.2 Å². The number of esters is 4. The Labute approximate surface area is 324 Å². The van der Waals surface area contributed by atoms with Gasteiger partial charge in [0.2, 0.25) is 12.4 Å². The van der Waals surface area contributed by atoms with Gasteiger partial charge in [0.1, 0.15) is 37.4 Å². The fraction of sp³-hybridized carbons (Fsp3) is 0.529. The number of carbonyl (C=O) groups excluding carboxylic acids is 7. The van der Waals surface area contributed by atoms with Crippen LogP contribution < -0.4 is 15.4 Å². The molecule has 0 spiro atoms. The number of nitrogens with zero attached hydrogens (tertiary/aromatic N) is 3. The topological polar surface area (TPSA) is 288 Å². The molecule has 1 saturated heterocycles. The van der Waals surface area contributed by atoms with E-state index in [1.54, 1.807) is 20.8 Å². The minimum absolute atomic E-state index is 0.0976. The molecule has 2 N–H and O–H groups in total. The second-order valence-corrected chi connectivity index (χ2v) is 13.1. The van der Waals surface area contributed by atoms with Gasteiger partial charge in [0.25, 0.3) is 0 Å². The molecule has 2 heterocycles. The highest BCUT2D eigenvalue weighted by Crippen LogP contribution is 2.35. The lowest BCUT2D eigenvalue weighted by molar-refractivity contribution is -0.387. The molecule has 1 aromatic heterocycles. The van der Waals surface area contributed by atoms with Gasteiger partial charge in [-0.1, -0.05) is 6.07 Å². The van der Waals surface area contributed by atoms with E-state index in [2.05, 4.69) is 15.6 Å². The van der Waals surface area contributed by atoms with Crippen molar-refractivity contribution in [2.75, 3.05) is 19.7 Å². The number of hydrogen-bond acceptors (Lipinski definition) is 19. The quantitative estimate of drug-likeness (QED) is 0.113. The highest BCUT2D eigenvalue weighted by atomic mass is 16.7. The van der Waals surface area contributed by atoms with Crippen molar-refractivity contribution in [3.63, 3.8) is 0 Å². The van der Waals surface area contributed by atoms with Crippen LogP contribution in [0.25, 0.3) is 0 Å². The van der Waals surface area contributed by atoms with Crippen LogP contribution >= 0.6 is 0 Å². The van der Waals surface area contributed by atoms with Gasteiger partial charge in [-0.2, -0.15) is 0 Å². The van der Waals surface area contributed by atoms with Crippen molar-refractivity contribution in [3.05, 3.63) is 52.6 Å². The number of nitro benzene ring substituents is 1. The summed E-state index contributed by atoms with van der Waals surface area (Å²) in [7, 11) is 0. The third kappa shape index (κ3) is 14.9. The van der Waals surface area contributed by atoms with Crippen molar-refractivity contribution in [3.8, 4) is 5.75 Å². The number of nitrogens with one attached hydrogen (secondary N) is 2. The Hall–Kier alpha value is -6.52. The Morgan fingerprint density at radius 2 is 1.49 bits per heavy atom. The number of imidazole rings is 1. The highest BCUT2D eigenvalue weighted by Gasteiger charge is 2.53. The van der Waals surface area contributed by atoms with E-state index in [1.165, 1.54) is 24.8 Å². The van der Waals surface area contributed by atoms with Crippen LogP contribution in [0.1, 0.15) is 54.0 Å². The zero-order valence-electron chi connectivity index (χ0n) is 31.9. The first-order chi connectivity index (χ1) is 26.7. The Balaban J connectivity index is 1.77. The van der Waals surface area contributed by atoms with Gasteiger partial charge >= 0.3 is 47.8 Å². The molecule has 3 unspecified atom stereocenters. The smallest absolute Gasteiger partial charge is 0.419 e. The predicted molar refractivity (Wildman–Crippen MR) is 186 cm³/mol. The predicted octanol–water partition coefficient (Wildman–Crippen LogP) is 2.06. The monoisotopic (exact) mass is 809 g/mol. The fourth-order valence-corrected chi connectivity index (χ4v) is 4.94. The number of carbonyl (C=O) groups is 7. The molecule has 23 nitrogen and oxygen atoms in total. The molecule has 0 bridgehead atoms.